The number of halogens is 1. The average molecular weight is 538 g/mol. The van der Waals surface area contributed by atoms with E-state index in [0.29, 0.717) is 35.8 Å². The molecule has 0 saturated heterocycles. The molecule has 39 heavy (non-hydrogen) atoms. The highest BCUT2D eigenvalue weighted by Crippen LogP contribution is 2.32. The van der Waals surface area contributed by atoms with Gasteiger partial charge in [-0.25, -0.2) is 13.7 Å². The lowest BCUT2D eigenvalue weighted by Gasteiger charge is -2.37. The molecule has 0 spiro atoms. The van der Waals surface area contributed by atoms with Crippen LogP contribution in [-0.2, 0) is 4.74 Å². The number of rotatable bonds is 10. The highest BCUT2D eigenvalue weighted by atomic mass is 19.1. The second-order valence-electron chi connectivity index (χ2n) is 10.1. The number of nitrogens with one attached hydrogen (secondary N) is 3. The molecule has 3 aromatic heterocycles. The van der Waals surface area contributed by atoms with Gasteiger partial charge in [0.1, 0.15) is 12.2 Å². The molecule has 11 nitrogen and oxygen atoms in total. The summed E-state index contributed by atoms with van der Waals surface area (Å²) in [7, 11) is 0. The Kier molecular flexibility index (Phi) is 8.30. The zero-order valence-electron chi connectivity index (χ0n) is 22.1. The largest absolute Gasteiger partial charge is 0.450 e. The van der Waals surface area contributed by atoms with Gasteiger partial charge in [0.15, 0.2) is 0 Å². The quantitative estimate of drug-likeness (QED) is 0.308. The number of fused-ring (bicyclic) bond motifs is 1. The number of hydrogen-bond donors (Lipinski definition) is 4. The third-order valence-electron chi connectivity index (χ3n) is 6.65. The van der Waals surface area contributed by atoms with Crippen molar-refractivity contribution < 1.29 is 23.8 Å². The Morgan fingerprint density at radius 3 is 2.74 bits per heavy atom. The smallest absolute Gasteiger partial charge is 0.407 e. The van der Waals surface area contributed by atoms with Crippen LogP contribution >= 0.6 is 0 Å². The molecule has 1 fully saturated rings. The number of hydrogen-bond acceptors (Lipinski definition) is 8. The van der Waals surface area contributed by atoms with E-state index in [4.69, 9.17) is 10.00 Å². The molecule has 3 aromatic rings. The normalized spacial score (nSPS) is 17.5. The Hall–Kier alpha value is -4.24. The van der Waals surface area contributed by atoms with Crippen LogP contribution in [0.1, 0.15) is 49.5 Å². The minimum atomic E-state index is -1.65. The summed E-state index contributed by atoms with van der Waals surface area (Å²) >= 11 is 0. The third-order valence-corrected chi connectivity index (χ3v) is 6.65. The minimum absolute atomic E-state index is 0.0477. The lowest BCUT2D eigenvalue weighted by Crippen LogP contribution is -2.43. The summed E-state index contributed by atoms with van der Waals surface area (Å²) in [6.07, 6.45) is 2.32. The van der Waals surface area contributed by atoms with Crippen LogP contribution in [0.3, 0.4) is 0 Å². The number of aromatic nitrogens is 3. The van der Waals surface area contributed by atoms with E-state index in [1.54, 1.807) is 23.6 Å². The number of carbonyl (C=O) groups is 2. The summed E-state index contributed by atoms with van der Waals surface area (Å²) in [5.74, 6) is -0.266. The van der Waals surface area contributed by atoms with E-state index in [0.717, 1.165) is 18.4 Å². The molecule has 1 saturated carbocycles. The number of anilines is 1. The summed E-state index contributed by atoms with van der Waals surface area (Å²) in [5, 5.41) is 32.0. The molecule has 1 atom stereocenters. The minimum Gasteiger partial charge on any atom is -0.450 e. The molecule has 1 aliphatic rings. The van der Waals surface area contributed by atoms with Crippen LogP contribution in [0, 0.1) is 17.2 Å². The second-order valence-corrected chi connectivity index (χ2v) is 10.1. The van der Waals surface area contributed by atoms with Crippen molar-refractivity contribution in [2.75, 3.05) is 25.0 Å². The van der Waals surface area contributed by atoms with Crippen LogP contribution in [0.4, 0.5) is 14.9 Å². The Labute approximate surface area is 225 Å². The van der Waals surface area contributed by atoms with E-state index in [9.17, 15) is 19.1 Å². The molecule has 4 N–H and O–H groups in total. The third kappa shape index (κ3) is 6.61. The summed E-state index contributed by atoms with van der Waals surface area (Å²) in [5.41, 5.74) is 1.52. The molecule has 4 rings (SSSR count). The summed E-state index contributed by atoms with van der Waals surface area (Å²) in [6.45, 7) is 4.87. The highest BCUT2D eigenvalue weighted by Gasteiger charge is 2.31. The van der Waals surface area contributed by atoms with Crippen LogP contribution in [0.25, 0.3) is 16.9 Å². The van der Waals surface area contributed by atoms with Crippen molar-refractivity contribution in [1.29, 1.82) is 5.26 Å². The van der Waals surface area contributed by atoms with Crippen molar-refractivity contribution in [2.45, 2.75) is 51.4 Å². The van der Waals surface area contributed by atoms with Gasteiger partial charge in [0.2, 0.25) is 0 Å². The maximum absolute atomic E-state index is 14.3. The first kappa shape index (κ1) is 27.8. The molecule has 0 aliphatic heterocycles. The molecule has 2 amide bonds. The molecule has 0 unspecified atom stereocenters. The number of nitrogens with zero attached hydrogens (tertiary/aromatic N) is 4. The van der Waals surface area contributed by atoms with E-state index < -0.39 is 23.8 Å². The molecule has 0 bridgehead atoms. The number of nitriles is 1. The summed E-state index contributed by atoms with van der Waals surface area (Å²) in [6, 6.07) is 9.22. The highest BCUT2D eigenvalue weighted by molar-refractivity contribution is 6.00. The van der Waals surface area contributed by atoms with Gasteiger partial charge in [0.25, 0.3) is 5.91 Å². The molecular weight excluding hydrogens is 505 g/mol. The fourth-order valence-electron chi connectivity index (χ4n) is 4.33. The van der Waals surface area contributed by atoms with Crippen molar-refractivity contribution in [2.24, 2.45) is 5.92 Å². The fourth-order valence-corrected chi connectivity index (χ4v) is 4.33. The van der Waals surface area contributed by atoms with Gasteiger partial charge in [-0.05, 0) is 63.8 Å². The number of pyridine rings is 1. The van der Waals surface area contributed by atoms with E-state index in [1.807, 2.05) is 12.1 Å². The molecule has 206 valence electrons. The maximum Gasteiger partial charge on any atom is 0.407 e. The predicted octanol–water partition coefficient (Wildman–Crippen LogP) is 3.04. The molecule has 0 aromatic carbocycles. The number of alkyl halides is 1. The van der Waals surface area contributed by atoms with Gasteiger partial charge in [-0.3, -0.25) is 9.78 Å². The van der Waals surface area contributed by atoms with Gasteiger partial charge in [-0.15, -0.1) is 0 Å². The Morgan fingerprint density at radius 2 is 2.05 bits per heavy atom. The van der Waals surface area contributed by atoms with Crippen LogP contribution < -0.4 is 16.0 Å². The zero-order valence-corrected chi connectivity index (χ0v) is 22.1. The monoisotopic (exact) mass is 537 g/mol. The predicted molar refractivity (Wildman–Crippen MR) is 142 cm³/mol. The van der Waals surface area contributed by atoms with Gasteiger partial charge >= 0.3 is 6.09 Å². The van der Waals surface area contributed by atoms with Crippen LogP contribution in [0.15, 0.2) is 36.7 Å². The topological polar surface area (TPSA) is 154 Å². The van der Waals surface area contributed by atoms with Crippen molar-refractivity contribution >= 4 is 23.2 Å². The maximum atomic E-state index is 14.3. The van der Waals surface area contributed by atoms with E-state index in [-0.39, 0.29) is 24.1 Å². The van der Waals surface area contributed by atoms with Crippen LogP contribution in [0.2, 0.25) is 0 Å². The standard InChI is InChI=1S/C27H32FN7O4/c1-4-39-26(37)32-12-16-7-18(8-16)34-21-10-22(23-6-5-19-9-17(11-29)13-33-35(19)23)30-14-20(21)25(36)31-15-24(28)27(2,3)38/h5-6,9-10,13-14,16,18,24,38H,4,7-8,12,15H2,1-3H3,(H,30,34)(H,31,36)(H,32,37)/t16-,18-,24-/m1/s1. The molecule has 3 heterocycles. The first-order chi connectivity index (χ1) is 18.6. The molecule has 12 heteroatoms. The van der Waals surface area contributed by atoms with Crippen LogP contribution in [-0.4, -0.2) is 69.2 Å². The van der Waals surface area contributed by atoms with E-state index >= 15 is 0 Å². The molecule has 1 aliphatic carbocycles. The number of carbonyl (C=O) groups excluding carboxylic acids is 2. The number of amides is 2. The van der Waals surface area contributed by atoms with Crippen LogP contribution in [0.5, 0.6) is 0 Å². The average Bonchev–Trinajstić information content (AvgIpc) is 3.31. The lowest BCUT2D eigenvalue weighted by molar-refractivity contribution is -0.00177. The SMILES string of the molecule is CCOC(=O)NC[C@H]1C[C@H](Nc2cc(-c3ccc4cc(C#N)cnn34)ncc2C(=O)NC[C@@H](F)C(C)(C)O)C1. The zero-order chi connectivity index (χ0) is 28.2. The van der Waals surface area contributed by atoms with Gasteiger partial charge < -0.3 is 25.8 Å². The summed E-state index contributed by atoms with van der Waals surface area (Å²) < 4.78 is 20.8. The lowest BCUT2D eigenvalue weighted by atomic mass is 9.80. The van der Waals surface area contributed by atoms with Crippen molar-refractivity contribution in [3.05, 3.63) is 47.8 Å². The van der Waals surface area contributed by atoms with Crippen molar-refractivity contribution in [3.63, 3.8) is 0 Å². The molecular formula is C27H32FN7O4. The van der Waals surface area contributed by atoms with Crippen molar-refractivity contribution in [3.8, 4) is 17.5 Å². The number of alkyl carbamates (subject to hydrolysis) is 1. The van der Waals surface area contributed by atoms with Gasteiger partial charge in [0, 0.05) is 18.8 Å². The van der Waals surface area contributed by atoms with E-state index in [1.165, 1.54) is 26.2 Å². The molecule has 0 radical (unpaired) electrons. The van der Waals surface area contributed by atoms with Crippen molar-refractivity contribution in [1.82, 2.24) is 25.2 Å². The Bertz CT molecular complexity index is 1390. The second kappa shape index (κ2) is 11.7. The Morgan fingerprint density at radius 1 is 1.28 bits per heavy atom. The van der Waals surface area contributed by atoms with Gasteiger partial charge in [-0.1, -0.05) is 0 Å². The first-order valence-electron chi connectivity index (χ1n) is 12.8. The van der Waals surface area contributed by atoms with Gasteiger partial charge in [-0.2, -0.15) is 10.4 Å². The first-order valence-corrected chi connectivity index (χ1v) is 12.8. The number of ether oxygens (including phenoxy) is 1. The van der Waals surface area contributed by atoms with E-state index in [2.05, 4.69) is 32.1 Å². The fraction of sp³-hybridized carbons (Fsp3) is 0.444. The van der Waals surface area contributed by atoms with Gasteiger partial charge in [0.05, 0.1) is 58.7 Å². The number of aliphatic hydroxyl groups is 1. The Balaban J connectivity index is 1.54. The summed E-state index contributed by atoms with van der Waals surface area (Å²) in [4.78, 5) is 29.1.